The average Bonchev–Trinajstić information content (AvgIpc) is 3.28. The summed E-state index contributed by atoms with van der Waals surface area (Å²) in [4.78, 5) is 25.2. The van der Waals surface area contributed by atoms with Crippen molar-refractivity contribution in [3.8, 4) is 11.5 Å². The summed E-state index contributed by atoms with van der Waals surface area (Å²) in [5.74, 6) is 0.155. The fraction of sp³-hybridized carbons (Fsp3) is 0.182. The Kier molecular flexibility index (Phi) is 7.65. The number of hydrogen-bond donors (Lipinski definition) is 1. The standard InChI is InChI=1S/C22H21NO5S/c24-21(23-15-18-9-6-14-29-18)16-28-22(25)19-10-4-5-11-20(19)27-13-12-26-17-7-2-1-3-8-17/h1-11,14H,12-13,15-16H2,(H,23,24). The van der Waals surface area contributed by atoms with Gasteiger partial charge >= 0.3 is 5.97 Å². The summed E-state index contributed by atoms with van der Waals surface area (Å²) >= 11 is 1.55. The van der Waals surface area contributed by atoms with Crippen molar-refractivity contribution in [1.29, 1.82) is 0 Å². The first-order chi connectivity index (χ1) is 14.2. The van der Waals surface area contributed by atoms with Crippen LogP contribution in [0.4, 0.5) is 0 Å². The van der Waals surface area contributed by atoms with Gasteiger partial charge in [0.05, 0.1) is 6.54 Å². The molecule has 0 radical (unpaired) electrons. The van der Waals surface area contributed by atoms with Crippen molar-refractivity contribution in [3.05, 3.63) is 82.6 Å². The number of esters is 1. The van der Waals surface area contributed by atoms with Crippen molar-refractivity contribution in [2.75, 3.05) is 19.8 Å². The molecule has 6 nitrogen and oxygen atoms in total. The molecule has 3 rings (SSSR count). The Morgan fingerprint density at radius 2 is 1.62 bits per heavy atom. The minimum absolute atomic E-state index is 0.262. The molecular formula is C22H21NO5S. The first kappa shape index (κ1) is 20.4. The van der Waals surface area contributed by atoms with Crippen LogP contribution in [-0.2, 0) is 16.1 Å². The second-order valence-corrected chi connectivity index (χ2v) is 6.97. The van der Waals surface area contributed by atoms with Crippen LogP contribution < -0.4 is 14.8 Å². The third-order valence-electron chi connectivity index (χ3n) is 3.83. The van der Waals surface area contributed by atoms with E-state index in [9.17, 15) is 9.59 Å². The molecule has 0 aliphatic carbocycles. The zero-order valence-electron chi connectivity index (χ0n) is 15.7. The van der Waals surface area contributed by atoms with Crippen molar-refractivity contribution >= 4 is 23.2 Å². The van der Waals surface area contributed by atoms with Crippen LogP contribution in [0.5, 0.6) is 11.5 Å². The highest BCUT2D eigenvalue weighted by atomic mass is 32.1. The summed E-state index contributed by atoms with van der Waals surface area (Å²) < 4.78 is 16.3. The summed E-state index contributed by atoms with van der Waals surface area (Å²) in [5, 5.41) is 4.64. The topological polar surface area (TPSA) is 73.9 Å². The van der Waals surface area contributed by atoms with Gasteiger partial charge in [0, 0.05) is 4.88 Å². The summed E-state index contributed by atoms with van der Waals surface area (Å²) in [6.45, 7) is 0.657. The SMILES string of the molecule is O=C(COC(=O)c1ccccc1OCCOc1ccccc1)NCc1cccs1. The van der Waals surface area contributed by atoms with Gasteiger partial charge < -0.3 is 19.5 Å². The Hall–Kier alpha value is -3.32. The Morgan fingerprint density at radius 3 is 2.41 bits per heavy atom. The molecule has 0 spiro atoms. The van der Waals surface area contributed by atoms with Crippen molar-refractivity contribution < 1.29 is 23.8 Å². The summed E-state index contributed by atoms with van der Waals surface area (Å²) in [6, 6.07) is 20.0. The van der Waals surface area contributed by atoms with Gasteiger partial charge in [-0.3, -0.25) is 4.79 Å². The molecule has 2 aromatic carbocycles. The van der Waals surface area contributed by atoms with Gasteiger partial charge in [-0.15, -0.1) is 11.3 Å². The molecule has 29 heavy (non-hydrogen) atoms. The van der Waals surface area contributed by atoms with Gasteiger partial charge in [0.15, 0.2) is 6.61 Å². The Balaban J connectivity index is 1.44. The third-order valence-corrected chi connectivity index (χ3v) is 4.71. The normalized spacial score (nSPS) is 10.2. The molecule has 3 aromatic rings. The van der Waals surface area contributed by atoms with Crippen LogP contribution in [0, 0.1) is 0 Å². The average molecular weight is 411 g/mol. The molecule has 1 heterocycles. The zero-order chi connectivity index (χ0) is 20.3. The molecule has 0 fully saturated rings. The fourth-order valence-corrected chi connectivity index (χ4v) is 3.09. The molecule has 0 aliphatic rings. The number of carbonyl (C=O) groups excluding carboxylic acids is 2. The maximum Gasteiger partial charge on any atom is 0.342 e. The Labute approximate surface area is 173 Å². The van der Waals surface area contributed by atoms with E-state index >= 15 is 0 Å². The minimum Gasteiger partial charge on any atom is -0.490 e. The van der Waals surface area contributed by atoms with Gasteiger partial charge in [0.1, 0.15) is 30.3 Å². The van der Waals surface area contributed by atoms with Crippen molar-refractivity contribution in [2.24, 2.45) is 0 Å². The quantitative estimate of drug-likeness (QED) is 0.407. The molecule has 150 valence electrons. The van der Waals surface area contributed by atoms with Crippen LogP contribution in [0.25, 0.3) is 0 Å². The molecule has 0 saturated heterocycles. The molecular weight excluding hydrogens is 390 g/mol. The number of hydrogen-bond acceptors (Lipinski definition) is 6. The van der Waals surface area contributed by atoms with E-state index in [0.717, 1.165) is 10.6 Å². The predicted octanol–water partition coefficient (Wildman–Crippen LogP) is 3.68. The van der Waals surface area contributed by atoms with E-state index in [0.29, 0.717) is 18.9 Å². The van der Waals surface area contributed by atoms with Gasteiger partial charge in [0.2, 0.25) is 0 Å². The Bertz CT molecular complexity index is 912. The van der Waals surface area contributed by atoms with Gasteiger partial charge in [0.25, 0.3) is 5.91 Å². The molecule has 0 saturated carbocycles. The van der Waals surface area contributed by atoms with Gasteiger partial charge in [-0.1, -0.05) is 36.4 Å². The van der Waals surface area contributed by atoms with Crippen LogP contribution in [0.2, 0.25) is 0 Å². The monoisotopic (exact) mass is 411 g/mol. The lowest BCUT2D eigenvalue weighted by molar-refractivity contribution is -0.124. The summed E-state index contributed by atoms with van der Waals surface area (Å²) in [5.41, 5.74) is 0.262. The second-order valence-electron chi connectivity index (χ2n) is 5.94. The van der Waals surface area contributed by atoms with Gasteiger partial charge in [-0.05, 0) is 35.7 Å². The number of ether oxygens (including phenoxy) is 3. The molecule has 7 heteroatoms. The highest BCUT2D eigenvalue weighted by Gasteiger charge is 2.15. The first-order valence-electron chi connectivity index (χ1n) is 9.08. The number of amides is 1. The predicted molar refractivity (Wildman–Crippen MR) is 110 cm³/mol. The smallest absolute Gasteiger partial charge is 0.342 e. The highest BCUT2D eigenvalue weighted by Crippen LogP contribution is 2.19. The molecule has 0 aliphatic heterocycles. The number of para-hydroxylation sites is 2. The number of rotatable bonds is 10. The van der Waals surface area contributed by atoms with E-state index in [1.807, 2.05) is 47.8 Å². The fourth-order valence-electron chi connectivity index (χ4n) is 2.45. The van der Waals surface area contributed by atoms with Crippen LogP contribution in [-0.4, -0.2) is 31.7 Å². The zero-order valence-corrected chi connectivity index (χ0v) is 16.5. The number of benzene rings is 2. The molecule has 0 atom stereocenters. The molecule has 0 bridgehead atoms. The van der Waals surface area contributed by atoms with Crippen LogP contribution in [0.3, 0.4) is 0 Å². The van der Waals surface area contributed by atoms with Gasteiger partial charge in [-0.25, -0.2) is 4.79 Å². The molecule has 1 aromatic heterocycles. The minimum atomic E-state index is -0.615. The van der Waals surface area contributed by atoms with Crippen molar-refractivity contribution in [2.45, 2.75) is 6.54 Å². The van der Waals surface area contributed by atoms with E-state index < -0.39 is 5.97 Å². The lowest BCUT2D eigenvalue weighted by Gasteiger charge is -2.12. The first-order valence-corrected chi connectivity index (χ1v) is 9.96. The number of nitrogens with one attached hydrogen (secondary N) is 1. The Morgan fingerprint density at radius 1 is 0.862 bits per heavy atom. The van der Waals surface area contributed by atoms with Crippen molar-refractivity contribution in [3.63, 3.8) is 0 Å². The van der Waals surface area contributed by atoms with Crippen molar-refractivity contribution in [1.82, 2.24) is 5.32 Å². The maximum absolute atomic E-state index is 12.3. The van der Waals surface area contributed by atoms with E-state index in [1.165, 1.54) is 0 Å². The highest BCUT2D eigenvalue weighted by molar-refractivity contribution is 7.09. The number of carbonyl (C=O) groups is 2. The maximum atomic E-state index is 12.3. The summed E-state index contributed by atoms with van der Waals surface area (Å²) in [7, 11) is 0. The third kappa shape index (κ3) is 6.65. The van der Waals surface area contributed by atoms with E-state index in [-0.39, 0.29) is 24.7 Å². The van der Waals surface area contributed by atoms with E-state index in [2.05, 4.69) is 5.32 Å². The van der Waals surface area contributed by atoms with Crippen LogP contribution in [0.15, 0.2) is 72.1 Å². The summed E-state index contributed by atoms with van der Waals surface area (Å²) in [6.07, 6.45) is 0. The van der Waals surface area contributed by atoms with Crippen LogP contribution >= 0.6 is 11.3 Å². The molecule has 1 N–H and O–H groups in total. The second kappa shape index (κ2) is 10.9. The molecule has 1 amide bonds. The van der Waals surface area contributed by atoms with E-state index in [1.54, 1.807) is 35.6 Å². The largest absolute Gasteiger partial charge is 0.490 e. The van der Waals surface area contributed by atoms with E-state index in [4.69, 9.17) is 14.2 Å². The van der Waals surface area contributed by atoms with Gasteiger partial charge in [-0.2, -0.15) is 0 Å². The lowest BCUT2D eigenvalue weighted by Crippen LogP contribution is -2.28. The lowest BCUT2D eigenvalue weighted by atomic mass is 10.2. The number of thiophene rings is 1. The van der Waals surface area contributed by atoms with Crippen LogP contribution in [0.1, 0.15) is 15.2 Å². The molecule has 0 unspecified atom stereocenters.